The lowest BCUT2D eigenvalue weighted by molar-refractivity contribution is -0.128. The van der Waals surface area contributed by atoms with Gasteiger partial charge in [0.1, 0.15) is 11.5 Å². The van der Waals surface area contributed by atoms with Crippen LogP contribution in [0.3, 0.4) is 0 Å². The van der Waals surface area contributed by atoms with Crippen molar-refractivity contribution in [2.24, 2.45) is 0 Å². The minimum absolute atomic E-state index is 0.166. The molecule has 0 aliphatic heterocycles. The van der Waals surface area contributed by atoms with E-state index in [2.05, 4.69) is 5.32 Å². The first-order valence-corrected chi connectivity index (χ1v) is 11.7. The van der Waals surface area contributed by atoms with Gasteiger partial charge >= 0.3 is 0 Å². The fourth-order valence-corrected chi connectivity index (χ4v) is 3.36. The van der Waals surface area contributed by atoms with Gasteiger partial charge in [-0.25, -0.2) is 8.42 Å². The summed E-state index contributed by atoms with van der Waals surface area (Å²) in [5.41, 5.74) is 1.69. The monoisotopic (exact) mass is 434 g/mol. The molecule has 0 heterocycles. The van der Waals surface area contributed by atoms with Gasteiger partial charge in [-0.3, -0.25) is 9.10 Å². The molecule has 0 radical (unpaired) electrons. The van der Waals surface area contributed by atoms with Gasteiger partial charge in [0.05, 0.1) is 19.1 Å². The third-order valence-corrected chi connectivity index (χ3v) is 5.92. The standard InChI is InChI=1S/C22H30N2O5S/c1-5-21(29-19-13-11-18(12-14-19)24(2)30(4,26)27)22(25)23-15-7-9-17-8-6-10-20(16-17)28-3/h6,8,10-14,16,21H,5,7,9,15H2,1-4H3,(H,23,25)/t21-/m0/s1. The molecule has 1 N–H and O–H groups in total. The molecule has 1 amide bonds. The second-order valence-corrected chi connectivity index (χ2v) is 9.00. The summed E-state index contributed by atoms with van der Waals surface area (Å²) >= 11 is 0. The molecular formula is C22H30N2O5S. The number of hydrogen-bond donors (Lipinski definition) is 1. The maximum absolute atomic E-state index is 12.5. The molecular weight excluding hydrogens is 404 g/mol. The van der Waals surface area contributed by atoms with Gasteiger partial charge < -0.3 is 14.8 Å². The Labute approximate surface area is 179 Å². The summed E-state index contributed by atoms with van der Waals surface area (Å²) < 4.78 is 35.4. The van der Waals surface area contributed by atoms with Crippen LogP contribution >= 0.6 is 0 Å². The molecule has 0 saturated carbocycles. The van der Waals surface area contributed by atoms with Gasteiger partial charge in [0.2, 0.25) is 10.0 Å². The number of carbonyl (C=O) groups is 1. The van der Waals surface area contributed by atoms with Crippen LogP contribution in [0.15, 0.2) is 48.5 Å². The molecule has 0 saturated heterocycles. The smallest absolute Gasteiger partial charge is 0.261 e. The summed E-state index contributed by atoms with van der Waals surface area (Å²) in [6, 6.07) is 14.5. The van der Waals surface area contributed by atoms with Crippen LogP contribution in [0.1, 0.15) is 25.3 Å². The summed E-state index contributed by atoms with van der Waals surface area (Å²) in [5.74, 6) is 1.17. The highest BCUT2D eigenvalue weighted by molar-refractivity contribution is 7.92. The van der Waals surface area contributed by atoms with Gasteiger partial charge in [0.25, 0.3) is 5.91 Å². The number of ether oxygens (including phenoxy) is 2. The third kappa shape index (κ3) is 6.95. The van der Waals surface area contributed by atoms with Crippen LogP contribution in [0.2, 0.25) is 0 Å². The molecule has 0 bridgehead atoms. The highest BCUT2D eigenvalue weighted by Crippen LogP contribution is 2.21. The fourth-order valence-electron chi connectivity index (χ4n) is 2.86. The SMILES string of the molecule is CC[C@H](Oc1ccc(N(C)S(C)(=O)=O)cc1)C(=O)NCCCc1cccc(OC)c1. The Morgan fingerprint density at radius 1 is 1.13 bits per heavy atom. The minimum Gasteiger partial charge on any atom is -0.497 e. The average Bonchev–Trinajstić information content (AvgIpc) is 2.74. The van der Waals surface area contributed by atoms with E-state index >= 15 is 0 Å². The van der Waals surface area contributed by atoms with Crippen molar-refractivity contribution < 1.29 is 22.7 Å². The van der Waals surface area contributed by atoms with Crippen LogP contribution in [0.4, 0.5) is 5.69 Å². The Kier molecular flexibility index (Phi) is 8.53. The van der Waals surface area contributed by atoms with Gasteiger partial charge in [0.15, 0.2) is 6.10 Å². The van der Waals surface area contributed by atoms with Crippen molar-refractivity contribution in [3.63, 3.8) is 0 Å². The molecule has 0 aliphatic carbocycles. The number of anilines is 1. The number of benzene rings is 2. The Morgan fingerprint density at radius 3 is 2.43 bits per heavy atom. The zero-order valence-corrected chi connectivity index (χ0v) is 18.7. The molecule has 0 aliphatic rings. The predicted molar refractivity (Wildman–Crippen MR) is 119 cm³/mol. The van der Waals surface area contributed by atoms with E-state index in [4.69, 9.17) is 9.47 Å². The third-order valence-electron chi connectivity index (χ3n) is 4.71. The van der Waals surface area contributed by atoms with Gasteiger partial charge in [-0.15, -0.1) is 0 Å². The van der Waals surface area contributed by atoms with E-state index in [0.29, 0.717) is 24.4 Å². The summed E-state index contributed by atoms with van der Waals surface area (Å²) in [6.45, 7) is 2.43. The number of aryl methyl sites for hydroxylation is 1. The average molecular weight is 435 g/mol. The van der Waals surface area contributed by atoms with Gasteiger partial charge in [-0.05, 0) is 61.2 Å². The molecule has 30 heavy (non-hydrogen) atoms. The number of nitrogens with zero attached hydrogens (tertiary/aromatic N) is 1. The van der Waals surface area contributed by atoms with E-state index in [9.17, 15) is 13.2 Å². The largest absolute Gasteiger partial charge is 0.497 e. The number of amides is 1. The van der Waals surface area contributed by atoms with Crippen molar-refractivity contribution in [2.75, 3.05) is 31.3 Å². The Bertz CT molecular complexity index is 929. The van der Waals surface area contributed by atoms with E-state index in [1.54, 1.807) is 31.4 Å². The maximum Gasteiger partial charge on any atom is 0.261 e. The van der Waals surface area contributed by atoms with Crippen molar-refractivity contribution in [3.8, 4) is 11.5 Å². The number of sulfonamides is 1. The highest BCUT2D eigenvalue weighted by Gasteiger charge is 2.18. The Morgan fingerprint density at radius 2 is 1.83 bits per heavy atom. The molecule has 7 nitrogen and oxygen atoms in total. The normalized spacial score (nSPS) is 12.1. The molecule has 0 unspecified atom stereocenters. The number of rotatable bonds is 11. The maximum atomic E-state index is 12.5. The molecule has 2 aromatic rings. The number of methoxy groups -OCH3 is 1. The molecule has 8 heteroatoms. The van der Waals surface area contributed by atoms with Crippen molar-refractivity contribution in [1.29, 1.82) is 0 Å². The van der Waals surface area contributed by atoms with Crippen molar-refractivity contribution in [1.82, 2.24) is 5.32 Å². The van der Waals surface area contributed by atoms with Crippen LogP contribution in [-0.4, -0.2) is 47.4 Å². The minimum atomic E-state index is -3.33. The summed E-state index contributed by atoms with van der Waals surface area (Å²) in [4.78, 5) is 12.5. The number of nitrogens with one attached hydrogen (secondary N) is 1. The van der Waals surface area contributed by atoms with Crippen molar-refractivity contribution in [3.05, 3.63) is 54.1 Å². The van der Waals surface area contributed by atoms with Crippen LogP contribution in [0.25, 0.3) is 0 Å². The first-order chi connectivity index (χ1) is 14.2. The van der Waals surface area contributed by atoms with Crippen LogP contribution < -0.4 is 19.1 Å². The lowest BCUT2D eigenvalue weighted by Gasteiger charge is -2.19. The zero-order valence-electron chi connectivity index (χ0n) is 17.9. The summed E-state index contributed by atoms with van der Waals surface area (Å²) in [6.07, 6.45) is 2.70. The second kappa shape index (κ2) is 10.9. The van der Waals surface area contributed by atoms with E-state index in [1.165, 1.54) is 11.4 Å². The van der Waals surface area contributed by atoms with E-state index in [0.717, 1.165) is 30.4 Å². The van der Waals surface area contributed by atoms with E-state index in [1.807, 2.05) is 31.2 Å². The van der Waals surface area contributed by atoms with Gasteiger partial charge in [0, 0.05) is 13.6 Å². The molecule has 0 fully saturated rings. The summed E-state index contributed by atoms with van der Waals surface area (Å²) in [7, 11) is -0.200. The number of carbonyl (C=O) groups excluding carboxylic acids is 1. The molecule has 2 rings (SSSR count). The van der Waals surface area contributed by atoms with Crippen molar-refractivity contribution >= 4 is 21.6 Å². The molecule has 2 aromatic carbocycles. The lowest BCUT2D eigenvalue weighted by Crippen LogP contribution is -2.38. The highest BCUT2D eigenvalue weighted by atomic mass is 32.2. The molecule has 164 valence electrons. The molecule has 1 atom stereocenters. The van der Waals surface area contributed by atoms with E-state index in [-0.39, 0.29) is 5.91 Å². The van der Waals surface area contributed by atoms with Gasteiger partial charge in [-0.2, -0.15) is 0 Å². The van der Waals surface area contributed by atoms with Crippen molar-refractivity contribution in [2.45, 2.75) is 32.3 Å². The first-order valence-electron chi connectivity index (χ1n) is 9.86. The second-order valence-electron chi connectivity index (χ2n) is 6.99. The topological polar surface area (TPSA) is 84.9 Å². The predicted octanol–water partition coefficient (Wildman–Crippen LogP) is 3.00. The lowest BCUT2D eigenvalue weighted by atomic mass is 10.1. The summed E-state index contributed by atoms with van der Waals surface area (Å²) in [5, 5.41) is 2.92. The molecule has 0 aromatic heterocycles. The molecule has 0 spiro atoms. The van der Waals surface area contributed by atoms with Crippen LogP contribution in [0, 0.1) is 0 Å². The number of hydrogen-bond acceptors (Lipinski definition) is 5. The zero-order chi connectivity index (χ0) is 22.1. The van der Waals surface area contributed by atoms with Crippen LogP contribution in [-0.2, 0) is 21.2 Å². The van der Waals surface area contributed by atoms with Gasteiger partial charge in [-0.1, -0.05) is 19.1 Å². The quantitative estimate of drug-likeness (QED) is 0.550. The van der Waals surface area contributed by atoms with Crippen LogP contribution in [0.5, 0.6) is 11.5 Å². The fraction of sp³-hybridized carbons (Fsp3) is 0.409. The van der Waals surface area contributed by atoms with E-state index < -0.39 is 16.1 Å². The Hall–Kier alpha value is -2.74. The Balaban J connectivity index is 1.84. The first kappa shape index (κ1) is 23.5.